The Labute approximate surface area is 140 Å². The van der Waals surface area contributed by atoms with Gasteiger partial charge in [-0.3, -0.25) is 4.79 Å². The van der Waals surface area contributed by atoms with Gasteiger partial charge in [-0.05, 0) is 24.1 Å². The average Bonchev–Trinajstić information content (AvgIpc) is 2.38. The lowest BCUT2D eigenvalue weighted by Crippen LogP contribution is -2.36. The van der Waals surface area contributed by atoms with Gasteiger partial charge < -0.3 is 5.11 Å². The highest BCUT2D eigenvalue weighted by atomic mass is 35.5. The van der Waals surface area contributed by atoms with Crippen molar-refractivity contribution in [1.29, 1.82) is 0 Å². The van der Waals surface area contributed by atoms with E-state index in [2.05, 4.69) is 0 Å². The number of rotatable bonds is 8. The number of carbonyl (C=O) groups is 1. The molecule has 0 aliphatic carbocycles. The fourth-order valence-corrected chi connectivity index (χ4v) is 4.87. The van der Waals surface area contributed by atoms with Crippen LogP contribution < -0.4 is 0 Å². The number of halogens is 1. The lowest BCUT2D eigenvalue weighted by atomic mass is 10.2. The smallest absolute Gasteiger partial charge is 0.318 e. The van der Waals surface area contributed by atoms with Gasteiger partial charge in [0.25, 0.3) is 0 Å². The second kappa shape index (κ2) is 7.61. The molecule has 0 atom stereocenters. The van der Waals surface area contributed by atoms with Crippen LogP contribution in [0.2, 0.25) is 5.02 Å². The largest absolute Gasteiger partial charge is 0.480 e. The van der Waals surface area contributed by atoms with Crippen LogP contribution in [0.3, 0.4) is 0 Å². The Bertz CT molecular complexity index is 789. The van der Waals surface area contributed by atoms with E-state index in [0.717, 1.165) is 16.6 Å². The summed E-state index contributed by atoms with van der Waals surface area (Å²) in [4.78, 5) is 10.6. The van der Waals surface area contributed by atoms with E-state index in [1.807, 2.05) is 0 Å². The zero-order valence-electron chi connectivity index (χ0n) is 12.7. The van der Waals surface area contributed by atoms with Crippen molar-refractivity contribution in [3.05, 3.63) is 28.8 Å². The Morgan fingerprint density at radius 3 is 2.35 bits per heavy atom. The topological polar surface area (TPSA) is 109 Å². The molecule has 0 fully saturated rings. The van der Waals surface area contributed by atoms with Gasteiger partial charge in [0.15, 0.2) is 9.84 Å². The van der Waals surface area contributed by atoms with Gasteiger partial charge in [0.05, 0.1) is 10.6 Å². The lowest BCUT2D eigenvalue weighted by Gasteiger charge is -2.21. The lowest BCUT2D eigenvalue weighted by molar-refractivity contribution is -0.137. The van der Waals surface area contributed by atoms with Gasteiger partial charge in [0, 0.05) is 17.8 Å². The maximum absolute atomic E-state index is 12.7. The molecule has 0 unspecified atom stereocenters. The van der Waals surface area contributed by atoms with E-state index in [1.54, 1.807) is 6.92 Å². The second-order valence-corrected chi connectivity index (χ2v) is 9.54. The summed E-state index contributed by atoms with van der Waals surface area (Å²) in [6.45, 7) is 1.00. The van der Waals surface area contributed by atoms with Crippen LogP contribution in [0.4, 0.5) is 0 Å². The van der Waals surface area contributed by atoms with Crippen molar-refractivity contribution in [3.63, 3.8) is 0 Å². The highest BCUT2D eigenvalue weighted by Crippen LogP contribution is 2.25. The Morgan fingerprint density at radius 1 is 1.26 bits per heavy atom. The molecule has 0 aromatic heterocycles. The Balaban J connectivity index is 3.45. The molecule has 1 N–H and O–H groups in total. The summed E-state index contributed by atoms with van der Waals surface area (Å²) in [5.41, 5.74) is 0.0587. The van der Waals surface area contributed by atoms with Crippen molar-refractivity contribution in [2.24, 2.45) is 0 Å². The number of carboxylic acid groups (broad SMARTS) is 1. The Hall–Kier alpha value is -1.16. The number of nitrogens with zero attached hydrogens (tertiary/aromatic N) is 1. The molecule has 1 aromatic rings. The van der Waals surface area contributed by atoms with Crippen LogP contribution in [-0.2, 0) is 30.4 Å². The van der Waals surface area contributed by atoms with Gasteiger partial charge in [-0.15, -0.1) is 0 Å². The molecule has 23 heavy (non-hydrogen) atoms. The van der Waals surface area contributed by atoms with Gasteiger partial charge in [-0.1, -0.05) is 24.6 Å². The molecule has 10 heteroatoms. The summed E-state index contributed by atoms with van der Waals surface area (Å²) in [5.74, 6) is -1.78. The fourth-order valence-electron chi connectivity index (χ4n) is 1.99. The number of sulfone groups is 1. The van der Waals surface area contributed by atoms with Crippen molar-refractivity contribution in [3.8, 4) is 0 Å². The van der Waals surface area contributed by atoms with Crippen molar-refractivity contribution < 1.29 is 26.7 Å². The van der Waals surface area contributed by atoms with Crippen LogP contribution in [0.15, 0.2) is 23.1 Å². The van der Waals surface area contributed by atoms with Crippen LogP contribution >= 0.6 is 11.6 Å². The van der Waals surface area contributed by atoms with E-state index < -0.39 is 38.1 Å². The standard InChI is InChI=1S/C13H18ClNO6S2/c1-3-6-15(8-13(16)17)23(20,21)12-7-11(14)5-4-10(12)9-22(2,18)19/h4-5,7H,3,6,8-9H2,1-2H3,(H,16,17). The van der Waals surface area contributed by atoms with Crippen molar-refractivity contribution in [2.45, 2.75) is 24.0 Å². The predicted octanol–water partition coefficient (Wildman–Crippen LogP) is 1.37. The number of benzene rings is 1. The molecule has 0 bridgehead atoms. The van der Waals surface area contributed by atoms with E-state index >= 15 is 0 Å². The number of hydrogen-bond donors (Lipinski definition) is 1. The van der Waals surface area contributed by atoms with Crippen LogP contribution in [-0.4, -0.2) is 51.6 Å². The van der Waals surface area contributed by atoms with E-state index in [4.69, 9.17) is 16.7 Å². The van der Waals surface area contributed by atoms with Crippen LogP contribution in [0.25, 0.3) is 0 Å². The molecule has 1 rings (SSSR count). The quantitative estimate of drug-likeness (QED) is 0.726. The van der Waals surface area contributed by atoms with E-state index in [9.17, 15) is 21.6 Å². The molecule has 0 saturated heterocycles. The molecule has 0 aliphatic rings. The summed E-state index contributed by atoms with van der Waals surface area (Å²) >= 11 is 5.83. The van der Waals surface area contributed by atoms with E-state index in [0.29, 0.717) is 6.42 Å². The highest BCUT2D eigenvalue weighted by molar-refractivity contribution is 7.90. The number of sulfonamides is 1. The molecule has 0 aliphatic heterocycles. The molecule has 0 amide bonds. The minimum absolute atomic E-state index is 0.000534. The van der Waals surface area contributed by atoms with Crippen LogP contribution in [0.5, 0.6) is 0 Å². The molecule has 7 nitrogen and oxygen atoms in total. The zero-order valence-corrected chi connectivity index (χ0v) is 15.1. The number of hydrogen-bond acceptors (Lipinski definition) is 5. The minimum Gasteiger partial charge on any atom is -0.480 e. The first-order valence-corrected chi connectivity index (χ1v) is 10.5. The van der Waals surface area contributed by atoms with Gasteiger partial charge in [-0.25, -0.2) is 16.8 Å². The van der Waals surface area contributed by atoms with Crippen molar-refractivity contribution >= 4 is 37.4 Å². The van der Waals surface area contributed by atoms with Gasteiger partial charge in [-0.2, -0.15) is 4.31 Å². The second-order valence-electron chi connectivity index (χ2n) is 5.05. The molecule has 130 valence electrons. The van der Waals surface area contributed by atoms with Crippen molar-refractivity contribution in [2.75, 3.05) is 19.3 Å². The first kappa shape index (κ1) is 19.9. The van der Waals surface area contributed by atoms with Gasteiger partial charge >= 0.3 is 5.97 Å². The Kier molecular flexibility index (Phi) is 6.58. The fraction of sp³-hybridized carbons (Fsp3) is 0.462. The normalized spacial score (nSPS) is 12.5. The Morgan fingerprint density at radius 2 is 1.87 bits per heavy atom. The molecular formula is C13H18ClNO6S2. The first-order chi connectivity index (χ1) is 10.5. The van der Waals surface area contributed by atoms with Crippen LogP contribution in [0, 0.1) is 0 Å². The molecule has 0 heterocycles. The average molecular weight is 384 g/mol. The third-order valence-corrected chi connectivity index (χ3v) is 5.85. The molecule has 1 aromatic carbocycles. The van der Waals surface area contributed by atoms with E-state index in [1.165, 1.54) is 12.1 Å². The minimum atomic E-state index is -4.18. The molecular weight excluding hydrogens is 366 g/mol. The first-order valence-electron chi connectivity index (χ1n) is 6.65. The number of carboxylic acids is 1. The summed E-state index contributed by atoms with van der Waals surface area (Å²) < 4.78 is 49.3. The number of aliphatic carboxylic acids is 1. The van der Waals surface area contributed by atoms with E-state index in [-0.39, 0.29) is 22.0 Å². The third kappa shape index (κ3) is 5.76. The highest BCUT2D eigenvalue weighted by Gasteiger charge is 2.29. The molecule has 0 saturated carbocycles. The van der Waals surface area contributed by atoms with Crippen molar-refractivity contribution in [1.82, 2.24) is 4.31 Å². The molecule has 0 radical (unpaired) electrons. The SMILES string of the molecule is CCCN(CC(=O)O)S(=O)(=O)c1cc(Cl)ccc1CS(C)(=O)=O. The maximum atomic E-state index is 12.7. The summed E-state index contributed by atoms with van der Waals surface area (Å²) in [7, 11) is -7.66. The summed E-state index contributed by atoms with van der Waals surface area (Å²) in [5, 5.41) is 9.02. The van der Waals surface area contributed by atoms with Gasteiger partial charge in [0.2, 0.25) is 10.0 Å². The maximum Gasteiger partial charge on any atom is 0.318 e. The van der Waals surface area contributed by atoms with Gasteiger partial charge in [0.1, 0.15) is 6.54 Å². The molecule has 0 spiro atoms. The zero-order chi connectivity index (χ0) is 17.8. The monoisotopic (exact) mass is 383 g/mol. The third-order valence-electron chi connectivity index (χ3n) is 2.85. The summed E-state index contributed by atoms with van der Waals surface area (Å²) in [6, 6.07) is 3.85. The van der Waals surface area contributed by atoms with Crippen LogP contribution in [0.1, 0.15) is 18.9 Å². The summed E-state index contributed by atoms with van der Waals surface area (Å²) in [6.07, 6.45) is 1.40. The predicted molar refractivity (Wildman–Crippen MR) is 86.7 cm³/mol.